The quantitative estimate of drug-likeness (QED) is 0.395. The van der Waals surface area contributed by atoms with E-state index in [1.807, 2.05) is 6.08 Å². The van der Waals surface area contributed by atoms with Gasteiger partial charge in [-0.15, -0.1) is 0 Å². The fraction of sp³-hybridized carbons (Fsp3) is 0.524. The van der Waals surface area contributed by atoms with Crippen molar-refractivity contribution in [2.24, 2.45) is 5.92 Å². The van der Waals surface area contributed by atoms with Crippen molar-refractivity contribution in [1.82, 2.24) is 0 Å². The predicted molar refractivity (Wildman–Crippen MR) is 106 cm³/mol. The van der Waals surface area contributed by atoms with Crippen molar-refractivity contribution in [3.05, 3.63) is 53.6 Å². The molecule has 0 spiro atoms. The number of hydrogen-bond donors (Lipinski definition) is 3. The molecule has 27 heavy (non-hydrogen) atoms. The Kier molecular flexibility index (Phi) is 9.87. The number of rotatable bonds is 11. The van der Waals surface area contributed by atoms with Crippen molar-refractivity contribution < 1.29 is 24.8 Å². The minimum absolute atomic E-state index is 0.00444. The molecule has 1 aromatic rings. The van der Waals surface area contributed by atoms with E-state index in [1.54, 1.807) is 30.3 Å². The van der Waals surface area contributed by atoms with E-state index in [0.717, 1.165) is 25.7 Å². The lowest BCUT2D eigenvalue weighted by Gasteiger charge is -2.17. The maximum Gasteiger partial charge on any atom is 0.120 e. The molecule has 2 rings (SSSR count). The number of halogens is 1. The highest BCUT2D eigenvalue weighted by atomic mass is 35.5. The Morgan fingerprint density at radius 3 is 2.89 bits per heavy atom. The standard InChI is InChI=1S/C21H29ClO5/c22-16-7-6-8-18(13-16)26-14-17(24)10-11-21-19(20(25)15-27-21)9-4-2-1-3-5-12-23/h1-2,6-8,10-11,13,17,19-21,23-25H,3-5,9,12,14-15H2/b2-1-,11-10+/t17-,19+,20+,21-/m1/s1. The van der Waals surface area contributed by atoms with Crippen molar-refractivity contribution in [2.75, 3.05) is 19.8 Å². The second-order valence-corrected chi connectivity index (χ2v) is 7.10. The first kappa shape index (κ1) is 21.9. The Morgan fingerprint density at radius 2 is 2.11 bits per heavy atom. The van der Waals surface area contributed by atoms with Crippen LogP contribution in [0.25, 0.3) is 0 Å². The van der Waals surface area contributed by atoms with Crippen LogP contribution in [-0.4, -0.2) is 53.5 Å². The van der Waals surface area contributed by atoms with Crippen molar-refractivity contribution in [3.8, 4) is 5.75 Å². The Balaban J connectivity index is 1.76. The first-order valence-corrected chi connectivity index (χ1v) is 9.78. The zero-order chi connectivity index (χ0) is 19.5. The van der Waals surface area contributed by atoms with E-state index < -0.39 is 12.2 Å². The Bertz CT molecular complexity index is 604. The van der Waals surface area contributed by atoms with E-state index in [1.165, 1.54) is 0 Å². The van der Waals surface area contributed by atoms with Crippen molar-refractivity contribution in [3.63, 3.8) is 0 Å². The molecular formula is C21H29ClO5. The van der Waals surface area contributed by atoms with Crippen molar-refractivity contribution in [1.29, 1.82) is 0 Å². The monoisotopic (exact) mass is 396 g/mol. The lowest BCUT2D eigenvalue weighted by Crippen LogP contribution is -2.23. The highest BCUT2D eigenvalue weighted by Crippen LogP contribution is 2.27. The largest absolute Gasteiger partial charge is 0.491 e. The summed E-state index contributed by atoms with van der Waals surface area (Å²) in [5, 5.41) is 29.6. The van der Waals surface area contributed by atoms with E-state index in [2.05, 4.69) is 12.2 Å². The average Bonchev–Trinajstić information content (AvgIpc) is 3.01. The molecule has 1 fully saturated rings. The van der Waals surface area contributed by atoms with E-state index >= 15 is 0 Å². The number of allylic oxidation sites excluding steroid dienone is 2. The molecule has 6 heteroatoms. The van der Waals surface area contributed by atoms with Crippen LogP contribution in [0.1, 0.15) is 25.7 Å². The molecule has 5 nitrogen and oxygen atoms in total. The van der Waals surface area contributed by atoms with Gasteiger partial charge in [-0.3, -0.25) is 0 Å². The molecule has 0 aliphatic carbocycles. The molecule has 0 radical (unpaired) electrons. The second kappa shape index (κ2) is 12.2. The van der Waals surface area contributed by atoms with Gasteiger partial charge in [0.15, 0.2) is 0 Å². The highest BCUT2D eigenvalue weighted by molar-refractivity contribution is 6.30. The van der Waals surface area contributed by atoms with E-state index in [0.29, 0.717) is 17.4 Å². The van der Waals surface area contributed by atoms with Crippen LogP contribution in [0.3, 0.4) is 0 Å². The molecule has 1 saturated heterocycles. The van der Waals surface area contributed by atoms with E-state index in [9.17, 15) is 10.2 Å². The fourth-order valence-electron chi connectivity index (χ4n) is 3.00. The second-order valence-electron chi connectivity index (χ2n) is 6.66. The minimum atomic E-state index is -0.774. The smallest absolute Gasteiger partial charge is 0.120 e. The minimum Gasteiger partial charge on any atom is -0.491 e. The summed E-state index contributed by atoms with van der Waals surface area (Å²) in [7, 11) is 0. The zero-order valence-electron chi connectivity index (χ0n) is 15.4. The van der Waals surface area contributed by atoms with Crippen molar-refractivity contribution in [2.45, 2.75) is 44.0 Å². The topological polar surface area (TPSA) is 79.2 Å². The Morgan fingerprint density at radius 1 is 1.30 bits per heavy atom. The molecular weight excluding hydrogens is 368 g/mol. The Labute approximate surface area is 165 Å². The van der Waals surface area contributed by atoms with Gasteiger partial charge in [-0.1, -0.05) is 42.0 Å². The lowest BCUT2D eigenvalue weighted by molar-refractivity contribution is 0.106. The molecule has 0 amide bonds. The maximum absolute atomic E-state index is 10.1. The number of hydrogen-bond acceptors (Lipinski definition) is 5. The molecule has 0 saturated carbocycles. The molecule has 0 unspecified atom stereocenters. The number of unbranched alkanes of at least 4 members (excludes halogenated alkanes) is 1. The molecule has 3 N–H and O–H groups in total. The number of benzene rings is 1. The van der Waals surface area contributed by atoms with Gasteiger partial charge in [-0.05, 0) is 43.9 Å². The maximum atomic E-state index is 10.1. The van der Waals surface area contributed by atoms with Gasteiger partial charge in [-0.2, -0.15) is 0 Å². The first-order chi connectivity index (χ1) is 13.1. The van der Waals surface area contributed by atoms with Gasteiger partial charge in [-0.25, -0.2) is 0 Å². The van der Waals surface area contributed by atoms with Gasteiger partial charge >= 0.3 is 0 Å². The van der Waals surface area contributed by atoms with Gasteiger partial charge in [0.1, 0.15) is 18.5 Å². The van der Waals surface area contributed by atoms with Gasteiger partial charge in [0.25, 0.3) is 0 Å². The number of aliphatic hydroxyl groups is 3. The molecule has 1 aliphatic rings. The van der Waals surface area contributed by atoms with Crippen LogP contribution < -0.4 is 4.74 Å². The Hall–Kier alpha value is -1.37. The lowest BCUT2D eigenvalue weighted by atomic mass is 9.93. The summed E-state index contributed by atoms with van der Waals surface area (Å²) in [5.41, 5.74) is 0. The van der Waals surface area contributed by atoms with Crippen LogP contribution in [-0.2, 0) is 4.74 Å². The zero-order valence-corrected chi connectivity index (χ0v) is 16.2. The molecule has 1 aromatic carbocycles. The molecule has 0 bridgehead atoms. The summed E-state index contributed by atoms with van der Waals surface area (Å²) >= 11 is 5.90. The predicted octanol–water partition coefficient (Wildman–Crippen LogP) is 3.12. The third-order valence-corrected chi connectivity index (χ3v) is 4.71. The summed E-state index contributed by atoms with van der Waals surface area (Å²) < 4.78 is 11.2. The van der Waals surface area contributed by atoms with Crippen molar-refractivity contribution >= 4 is 11.6 Å². The third-order valence-electron chi connectivity index (χ3n) is 4.48. The van der Waals surface area contributed by atoms with Gasteiger partial charge in [0, 0.05) is 17.5 Å². The summed E-state index contributed by atoms with van der Waals surface area (Å²) in [6.07, 6.45) is 9.40. The number of ether oxygens (including phenoxy) is 2. The SMILES string of the molecule is OCCC/C=C\CC[C@H]1[C@@H](O)CO[C@@H]1/C=C/[C@@H](O)COc1cccc(Cl)c1. The summed E-state index contributed by atoms with van der Waals surface area (Å²) in [5.74, 6) is 0.609. The average molecular weight is 397 g/mol. The molecule has 150 valence electrons. The summed E-state index contributed by atoms with van der Waals surface area (Å²) in [6, 6.07) is 7.02. The highest BCUT2D eigenvalue weighted by Gasteiger charge is 2.33. The van der Waals surface area contributed by atoms with E-state index in [-0.39, 0.29) is 25.2 Å². The summed E-state index contributed by atoms with van der Waals surface area (Å²) in [6.45, 7) is 0.628. The van der Waals surface area contributed by atoms with Crippen LogP contribution >= 0.6 is 11.6 Å². The third kappa shape index (κ3) is 8.03. The molecule has 1 heterocycles. The van der Waals surface area contributed by atoms with Crippen LogP contribution in [0, 0.1) is 5.92 Å². The first-order valence-electron chi connectivity index (χ1n) is 9.40. The fourth-order valence-corrected chi connectivity index (χ4v) is 3.18. The molecule has 0 aromatic heterocycles. The van der Waals surface area contributed by atoms with Crippen LogP contribution in [0.4, 0.5) is 0 Å². The van der Waals surface area contributed by atoms with E-state index in [4.69, 9.17) is 26.2 Å². The number of aliphatic hydroxyl groups excluding tert-OH is 3. The van der Waals surface area contributed by atoms with Crippen LogP contribution in [0.2, 0.25) is 5.02 Å². The molecule has 4 atom stereocenters. The normalized spacial score (nSPS) is 24.1. The summed E-state index contributed by atoms with van der Waals surface area (Å²) in [4.78, 5) is 0. The van der Waals surface area contributed by atoms with Gasteiger partial charge in [0.2, 0.25) is 0 Å². The van der Waals surface area contributed by atoms with Gasteiger partial charge in [0.05, 0.1) is 18.8 Å². The van der Waals surface area contributed by atoms with Crippen LogP contribution in [0.5, 0.6) is 5.75 Å². The molecule has 1 aliphatic heterocycles. The van der Waals surface area contributed by atoms with Crippen LogP contribution in [0.15, 0.2) is 48.6 Å². The van der Waals surface area contributed by atoms with Gasteiger partial charge < -0.3 is 24.8 Å².